The number of fused-ring (bicyclic) bond motifs is 7. The monoisotopic (exact) mass is 683 g/mol. The quantitative estimate of drug-likeness (QED) is 0.175. The summed E-state index contributed by atoms with van der Waals surface area (Å²) in [7, 11) is 0. The molecular weight excluding hydrogens is 643 g/mol. The maximum Gasteiger partial charge on any atom is 0.156 e. The Morgan fingerprint density at radius 3 is 2.21 bits per heavy atom. The Labute approximate surface area is 311 Å². The second-order valence-electron chi connectivity index (χ2n) is 14.6. The number of allylic oxidation sites excluding steroid dienone is 6. The van der Waals surface area contributed by atoms with Gasteiger partial charge in [0, 0.05) is 29.7 Å². The van der Waals surface area contributed by atoms with Gasteiger partial charge in [-0.3, -0.25) is 9.88 Å². The lowest BCUT2D eigenvalue weighted by Crippen LogP contribution is -2.40. The van der Waals surface area contributed by atoms with E-state index in [0.717, 1.165) is 62.1 Å². The molecule has 1 heterocycles. The molecule has 1 aromatic heterocycles. The first kappa shape index (κ1) is 31.7. The number of hydrogen-bond donors (Lipinski definition) is 0. The van der Waals surface area contributed by atoms with Gasteiger partial charge in [-0.05, 0) is 141 Å². The average molecular weight is 684 g/mol. The van der Waals surface area contributed by atoms with E-state index < -0.39 is 0 Å². The van der Waals surface area contributed by atoms with Crippen molar-refractivity contribution in [3.63, 3.8) is 0 Å². The van der Waals surface area contributed by atoms with E-state index in [1.165, 1.54) is 71.3 Å². The molecular formula is C50H41N3. The molecule has 0 saturated heterocycles. The van der Waals surface area contributed by atoms with Crippen LogP contribution in [0.15, 0.2) is 152 Å². The highest BCUT2D eigenvalue weighted by molar-refractivity contribution is 5.98. The highest BCUT2D eigenvalue weighted by Crippen LogP contribution is 2.42. The van der Waals surface area contributed by atoms with Crippen LogP contribution < -0.4 is 15.3 Å². The number of aryl methyl sites for hydroxylation is 2. The van der Waals surface area contributed by atoms with Gasteiger partial charge in [0.25, 0.3) is 0 Å². The van der Waals surface area contributed by atoms with Crippen molar-refractivity contribution in [3.8, 4) is 0 Å². The molecule has 0 bridgehead atoms. The molecule has 256 valence electrons. The van der Waals surface area contributed by atoms with E-state index in [4.69, 9.17) is 4.98 Å². The summed E-state index contributed by atoms with van der Waals surface area (Å²) in [5.41, 5.74) is 14.6. The van der Waals surface area contributed by atoms with E-state index in [0.29, 0.717) is 0 Å². The number of nitrogens with zero attached hydrogens (tertiary/aromatic N) is 3. The van der Waals surface area contributed by atoms with Gasteiger partial charge >= 0.3 is 0 Å². The summed E-state index contributed by atoms with van der Waals surface area (Å²) in [4.78, 5) is 11.7. The van der Waals surface area contributed by atoms with Crippen LogP contribution in [0, 0.1) is 5.92 Å². The maximum absolute atomic E-state index is 4.86. The number of aromatic nitrogens is 2. The molecule has 0 radical (unpaired) electrons. The zero-order valence-corrected chi connectivity index (χ0v) is 29.9. The van der Waals surface area contributed by atoms with Crippen molar-refractivity contribution in [2.24, 2.45) is 5.92 Å². The first-order valence-corrected chi connectivity index (χ1v) is 19.2. The predicted molar refractivity (Wildman–Crippen MR) is 221 cm³/mol. The molecule has 3 heteroatoms. The van der Waals surface area contributed by atoms with E-state index in [1.54, 1.807) is 12.4 Å². The lowest BCUT2D eigenvalue weighted by atomic mass is 9.72. The molecule has 0 spiro atoms. The summed E-state index contributed by atoms with van der Waals surface area (Å²) in [6.45, 7) is 0. The first-order chi connectivity index (χ1) is 26.3. The van der Waals surface area contributed by atoms with Gasteiger partial charge in [-0.1, -0.05) is 115 Å². The summed E-state index contributed by atoms with van der Waals surface area (Å²) in [6.07, 6.45) is 29.3. The van der Waals surface area contributed by atoms with Crippen LogP contribution >= 0.6 is 0 Å². The van der Waals surface area contributed by atoms with E-state index in [2.05, 4.69) is 149 Å². The van der Waals surface area contributed by atoms with Crippen molar-refractivity contribution in [1.29, 1.82) is 0 Å². The van der Waals surface area contributed by atoms with Gasteiger partial charge in [0.15, 0.2) is 5.82 Å². The van der Waals surface area contributed by atoms with Crippen molar-refractivity contribution in [2.45, 2.75) is 44.9 Å². The Hall–Kier alpha value is -6.06. The topological polar surface area (TPSA) is 29.0 Å². The van der Waals surface area contributed by atoms with Gasteiger partial charge in [-0.25, -0.2) is 4.98 Å². The summed E-state index contributed by atoms with van der Waals surface area (Å²) in [5.74, 6) is 1.06. The SMILES string of the molecule is C1=CC(C2CC(c3ccccc3)=c3c4c(c5cc(N(c6ccc7c(c6)CCC=C7)c6cnccn6)ccc5c3=C2c2ccccc2)CCC=C4)=CCC1. The van der Waals surface area contributed by atoms with Crippen LogP contribution in [-0.4, -0.2) is 9.97 Å². The smallest absolute Gasteiger partial charge is 0.156 e. The van der Waals surface area contributed by atoms with Crippen LogP contribution in [0.5, 0.6) is 0 Å². The first-order valence-electron chi connectivity index (χ1n) is 19.2. The third kappa shape index (κ3) is 5.59. The Balaban J connectivity index is 1.32. The molecule has 4 aliphatic carbocycles. The lowest BCUT2D eigenvalue weighted by molar-refractivity contribution is 0.791. The fourth-order valence-corrected chi connectivity index (χ4v) is 9.18. The van der Waals surface area contributed by atoms with Crippen molar-refractivity contribution in [1.82, 2.24) is 9.97 Å². The van der Waals surface area contributed by atoms with Gasteiger partial charge in [0.1, 0.15) is 0 Å². The second-order valence-corrected chi connectivity index (χ2v) is 14.6. The zero-order chi connectivity index (χ0) is 35.1. The Morgan fingerprint density at radius 1 is 0.623 bits per heavy atom. The van der Waals surface area contributed by atoms with Gasteiger partial charge in [0.2, 0.25) is 0 Å². The Bertz CT molecular complexity index is 2630. The van der Waals surface area contributed by atoms with Crippen LogP contribution in [0.2, 0.25) is 0 Å². The fraction of sp³-hybridized carbons (Fsp3) is 0.160. The fourth-order valence-electron chi connectivity index (χ4n) is 9.18. The zero-order valence-electron chi connectivity index (χ0n) is 29.9. The van der Waals surface area contributed by atoms with Gasteiger partial charge in [0.05, 0.1) is 6.20 Å². The van der Waals surface area contributed by atoms with Gasteiger partial charge in [-0.15, -0.1) is 0 Å². The van der Waals surface area contributed by atoms with Crippen molar-refractivity contribution < 1.29 is 0 Å². The normalized spacial score (nSPS) is 17.3. The van der Waals surface area contributed by atoms with Crippen LogP contribution in [0.1, 0.15) is 65.5 Å². The third-order valence-corrected chi connectivity index (χ3v) is 11.5. The number of benzene rings is 5. The van der Waals surface area contributed by atoms with E-state index in [1.807, 2.05) is 6.20 Å². The van der Waals surface area contributed by atoms with E-state index in [9.17, 15) is 0 Å². The molecule has 1 atom stereocenters. The largest absolute Gasteiger partial charge is 0.294 e. The molecule has 0 saturated carbocycles. The average Bonchev–Trinajstić information content (AvgIpc) is 3.24. The summed E-state index contributed by atoms with van der Waals surface area (Å²) < 4.78 is 0. The van der Waals surface area contributed by atoms with Crippen molar-refractivity contribution >= 4 is 51.3 Å². The minimum Gasteiger partial charge on any atom is -0.294 e. The van der Waals surface area contributed by atoms with E-state index >= 15 is 0 Å². The lowest BCUT2D eigenvalue weighted by Gasteiger charge is -2.32. The molecule has 0 amide bonds. The van der Waals surface area contributed by atoms with Crippen LogP contribution in [0.3, 0.4) is 0 Å². The Morgan fingerprint density at radius 2 is 1.40 bits per heavy atom. The molecule has 53 heavy (non-hydrogen) atoms. The summed E-state index contributed by atoms with van der Waals surface area (Å²) in [6, 6.07) is 36.3. The number of hydrogen-bond acceptors (Lipinski definition) is 3. The molecule has 0 aliphatic heterocycles. The Kier molecular flexibility index (Phi) is 8.06. The summed E-state index contributed by atoms with van der Waals surface area (Å²) >= 11 is 0. The minimum absolute atomic E-state index is 0.241. The molecule has 5 aromatic carbocycles. The predicted octanol–water partition coefficient (Wildman–Crippen LogP) is 10.7. The standard InChI is InChI=1S/C50H41N3/c1-4-15-35(16-5-1)44-32-45(36-17-6-2-7-18-36)49-42-23-13-12-22-41(42)46-31-40(26-27-43(46)50(49)48(44)37-19-8-3-9-20-37)53(47-33-51-28-29-52-47)39-25-24-34-14-10-11-21-38(34)30-39/h2-4,6-10,13-20,23-31,33,44H,1,5,11-12,21-22,32H2. The molecule has 3 nitrogen and oxygen atoms in total. The highest BCUT2D eigenvalue weighted by atomic mass is 15.2. The van der Waals surface area contributed by atoms with Crippen LogP contribution in [0.4, 0.5) is 17.2 Å². The molecule has 4 aliphatic rings. The van der Waals surface area contributed by atoms with Crippen molar-refractivity contribution in [2.75, 3.05) is 4.90 Å². The summed E-state index contributed by atoms with van der Waals surface area (Å²) in [5, 5.41) is 5.44. The molecule has 1 unspecified atom stereocenters. The molecule has 0 N–H and O–H groups in total. The molecule has 6 aromatic rings. The van der Waals surface area contributed by atoms with Crippen LogP contribution in [0.25, 0.3) is 34.1 Å². The molecule has 0 fully saturated rings. The van der Waals surface area contributed by atoms with Crippen LogP contribution in [-0.2, 0) is 12.8 Å². The van der Waals surface area contributed by atoms with Gasteiger partial charge < -0.3 is 0 Å². The third-order valence-electron chi connectivity index (χ3n) is 11.5. The highest BCUT2D eigenvalue weighted by Gasteiger charge is 2.30. The second kappa shape index (κ2) is 13.5. The minimum atomic E-state index is 0.241. The van der Waals surface area contributed by atoms with Crippen molar-refractivity contribution in [3.05, 3.63) is 195 Å². The maximum atomic E-state index is 4.86. The molecule has 10 rings (SSSR count). The van der Waals surface area contributed by atoms with Gasteiger partial charge in [-0.2, -0.15) is 0 Å². The van der Waals surface area contributed by atoms with E-state index in [-0.39, 0.29) is 5.92 Å². The number of rotatable bonds is 6. The number of anilines is 3.